The number of thiazole rings is 1. The minimum atomic E-state index is -0.438. The summed E-state index contributed by atoms with van der Waals surface area (Å²) >= 11 is 1.32. The van der Waals surface area contributed by atoms with Crippen LogP contribution in [0.5, 0.6) is 0 Å². The molecule has 5 aromatic rings. The molecule has 0 unspecified atom stereocenters. The molecule has 2 heterocycles. The number of nitro benzene ring substituents is 1. The number of non-ortho nitro benzene ring substituents is 1. The van der Waals surface area contributed by atoms with Crippen LogP contribution in [0, 0.1) is 21.4 Å². The van der Waals surface area contributed by atoms with E-state index in [1.54, 1.807) is 28.3 Å². The minimum Gasteiger partial charge on any atom is -0.258 e. The van der Waals surface area contributed by atoms with E-state index in [1.165, 1.54) is 23.5 Å². The molecule has 0 fully saturated rings. The third-order valence-corrected chi connectivity index (χ3v) is 6.19. The van der Waals surface area contributed by atoms with Crippen molar-refractivity contribution in [2.24, 2.45) is 0 Å². The van der Waals surface area contributed by atoms with Gasteiger partial charge in [0, 0.05) is 40.4 Å². The smallest absolute Gasteiger partial charge is 0.258 e. The Kier molecular flexibility index (Phi) is 5.99. The molecule has 0 aliphatic rings. The molecular weight excluding hydrogens is 458 g/mol. The van der Waals surface area contributed by atoms with E-state index in [9.17, 15) is 15.4 Å². The molecule has 0 saturated heterocycles. The van der Waals surface area contributed by atoms with Crippen LogP contribution >= 0.6 is 11.3 Å². The number of hydrogen-bond acceptors (Lipinski definition) is 6. The van der Waals surface area contributed by atoms with Gasteiger partial charge in [-0.1, -0.05) is 60.7 Å². The maximum Gasteiger partial charge on any atom is 0.270 e. The fraction of sp³-hybridized carbons (Fsp3) is 0. The van der Waals surface area contributed by atoms with Crippen molar-refractivity contribution in [1.29, 1.82) is 5.26 Å². The van der Waals surface area contributed by atoms with Crippen LogP contribution in [0.3, 0.4) is 0 Å². The number of rotatable bonds is 6. The van der Waals surface area contributed by atoms with Crippen molar-refractivity contribution in [2.75, 3.05) is 0 Å². The van der Waals surface area contributed by atoms with Gasteiger partial charge in [-0.15, -0.1) is 11.3 Å². The number of benzene rings is 3. The summed E-state index contributed by atoms with van der Waals surface area (Å²) in [5.74, 6) is 0. The summed E-state index contributed by atoms with van der Waals surface area (Å²) in [6.07, 6.45) is 3.68. The van der Waals surface area contributed by atoms with Crippen LogP contribution in [0.2, 0.25) is 0 Å². The second kappa shape index (κ2) is 9.55. The molecule has 0 saturated carbocycles. The van der Waals surface area contributed by atoms with E-state index < -0.39 is 4.92 Å². The Morgan fingerprint density at radius 1 is 1.00 bits per heavy atom. The predicted octanol–water partition coefficient (Wildman–Crippen LogP) is 6.64. The minimum absolute atomic E-state index is 0.00562. The normalized spacial score (nSPS) is 11.2. The molecule has 0 radical (unpaired) electrons. The molecule has 0 aliphatic heterocycles. The lowest BCUT2D eigenvalue weighted by molar-refractivity contribution is -0.384. The zero-order valence-corrected chi connectivity index (χ0v) is 19.1. The first-order chi connectivity index (χ1) is 17.1. The van der Waals surface area contributed by atoms with Crippen LogP contribution < -0.4 is 0 Å². The number of nitro groups is 1. The third kappa shape index (κ3) is 4.62. The highest BCUT2D eigenvalue weighted by Crippen LogP contribution is 2.31. The summed E-state index contributed by atoms with van der Waals surface area (Å²) < 4.78 is 1.79. The number of para-hydroxylation sites is 1. The Labute approximate surface area is 205 Å². The quantitative estimate of drug-likeness (QED) is 0.156. The van der Waals surface area contributed by atoms with Gasteiger partial charge in [0.25, 0.3) is 5.69 Å². The molecule has 5 rings (SSSR count). The largest absolute Gasteiger partial charge is 0.270 e. The molecule has 0 amide bonds. The summed E-state index contributed by atoms with van der Waals surface area (Å²) in [5.41, 5.74) is 4.96. The van der Waals surface area contributed by atoms with Crippen molar-refractivity contribution >= 4 is 28.7 Å². The van der Waals surface area contributed by atoms with Crippen LogP contribution in [-0.4, -0.2) is 19.7 Å². The topological polar surface area (TPSA) is 97.6 Å². The van der Waals surface area contributed by atoms with Crippen molar-refractivity contribution in [3.05, 3.63) is 117 Å². The van der Waals surface area contributed by atoms with Crippen LogP contribution in [0.25, 0.3) is 39.9 Å². The highest BCUT2D eigenvalue weighted by atomic mass is 32.1. The van der Waals surface area contributed by atoms with Crippen molar-refractivity contribution in [2.45, 2.75) is 0 Å². The molecule has 0 N–H and O–H groups in total. The Morgan fingerprint density at radius 2 is 1.71 bits per heavy atom. The Morgan fingerprint density at radius 3 is 2.43 bits per heavy atom. The van der Waals surface area contributed by atoms with Gasteiger partial charge in [0.1, 0.15) is 11.1 Å². The first-order valence-electron chi connectivity index (χ1n) is 10.7. The predicted molar refractivity (Wildman–Crippen MR) is 137 cm³/mol. The molecule has 0 bridgehead atoms. The number of allylic oxidation sites excluding steroid dienone is 1. The zero-order valence-electron chi connectivity index (χ0n) is 18.3. The monoisotopic (exact) mass is 475 g/mol. The first-order valence-corrected chi connectivity index (χ1v) is 11.5. The molecule has 35 heavy (non-hydrogen) atoms. The molecule has 0 spiro atoms. The first kappa shape index (κ1) is 21.9. The number of hydrogen-bond donors (Lipinski definition) is 0. The van der Waals surface area contributed by atoms with Gasteiger partial charge in [0.05, 0.1) is 27.6 Å². The van der Waals surface area contributed by atoms with E-state index in [4.69, 9.17) is 5.10 Å². The lowest BCUT2D eigenvalue weighted by atomic mass is 10.1. The van der Waals surface area contributed by atoms with Gasteiger partial charge < -0.3 is 0 Å². The van der Waals surface area contributed by atoms with E-state index in [2.05, 4.69) is 11.1 Å². The van der Waals surface area contributed by atoms with Gasteiger partial charge >= 0.3 is 0 Å². The standard InChI is InChI=1S/C27H17N5O2S/c28-16-21(27-29-25(18-35-27)20-10-7-13-24(15-20)32(33)34)14-22-17-31(23-11-5-2-6-12-23)30-26(22)19-8-3-1-4-9-19/h1-15,17-18H. The number of aromatic nitrogens is 3. The average molecular weight is 476 g/mol. The van der Waals surface area contributed by atoms with E-state index in [0.29, 0.717) is 21.8 Å². The van der Waals surface area contributed by atoms with Gasteiger partial charge in [-0.05, 0) is 18.2 Å². The van der Waals surface area contributed by atoms with Crippen molar-refractivity contribution < 1.29 is 4.92 Å². The summed E-state index contributed by atoms with van der Waals surface area (Å²) in [5, 5.41) is 28.2. The van der Waals surface area contributed by atoms with Gasteiger partial charge in [0.15, 0.2) is 0 Å². The summed E-state index contributed by atoms with van der Waals surface area (Å²) in [6.45, 7) is 0. The summed E-state index contributed by atoms with van der Waals surface area (Å²) in [4.78, 5) is 15.3. The van der Waals surface area contributed by atoms with Gasteiger partial charge in [-0.3, -0.25) is 10.1 Å². The third-order valence-electron chi connectivity index (χ3n) is 5.32. The number of nitriles is 1. The van der Waals surface area contributed by atoms with Gasteiger partial charge in [-0.25, -0.2) is 9.67 Å². The fourth-order valence-electron chi connectivity index (χ4n) is 3.63. The lowest BCUT2D eigenvalue weighted by Crippen LogP contribution is -1.93. The van der Waals surface area contributed by atoms with Crippen LogP contribution in [0.1, 0.15) is 10.6 Å². The molecular formula is C27H17N5O2S. The lowest BCUT2D eigenvalue weighted by Gasteiger charge is -2.00. The van der Waals surface area contributed by atoms with Gasteiger partial charge in [0.2, 0.25) is 0 Å². The van der Waals surface area contributed by atoms with E-state index >= 15 is 0 Å². The summed E-state index contributed by atoms with van der Waals surface area (Å²) in [7, 11) is 0. The maximum absolute atomic E-state index is 11.1. The van der Waals surface area contributed by atoms with Crippen LogP contribution in [0.15, 0.2) is 96.5 Å². The van der Waals surface area contributed by atoms with E-state index in [-0.39, 0.29) is 5.69 Å². The Hall–Kier alpha value is -4.87. The Balaban J connectivity index is 1.57. The molecule has 3 aromatic carbocycles. The molecule has 7 nitrogen and oxygen atoms in total. The molecule has 2 aromatic heterocycles. The van der Waals surface area contributed by atoms with Crippen molar-refractivity contribution in [1.82, 2.24) is 14.8 Å². The maximum atomic E-state index is 11.1. The highest BCUT2D eigenvalue weighted by Gasteiger charge is 2.15. The van der Waals surface area contributed by atoms with E-state index in [1.807, 2.05) is 66.9 Å². The summed E-state index contributed by atoms with van der Waals surface area (Å²) in [6, 6.07) is 28.1. The fourth-order valence-corrected chi connectivity index (χ4v) is 4.43. The zero-order chi connectivity index (χ0) is 24.2. The number of nitrogens with zero attached hydrogens (tertiary/aromatic N) is 5. The van der Waals surface area contributed by atoms with Crippen LogP contribution in [-0.2, 0) is 0 Å². The molecule has 0 aliphatic carbocycles. The highest BCUT2D eigenvalue weighted by molar-refractivity contribution is 7.11. The SMILES string of the molecule is N#CC(=Cc1cn(-c2ccccc2)nc1-c1ccccc1)c1nc(-c2cccc([N+](=O)[O-])c2)cs1. The molecule has 168 valence electrons. The van der Waals surface area contributed by atoms with Crippen LogP contribution in [0.4, 0.5) is 5.69 Å². The molecule has 8 heteroatoms. The van der Waals surface area contributed by atoms with Crippen molar-refractivity contribution in [3.8, 4) is 34.3 Å². The van der Waals surface area contributed by atoms with Gasteiger partial charge in [-0.2, -0.15) is 10.4 Å². The second-order valence-corrected chi connectivity index (χ2v) is 8.45. The second-order valence-electron chi connectivity index (χ2n) is 7.59. The Bertz CT molecular complexity index is 1580. The van der Waals surface area contributed by atoms with E-state index in [0.717, 1.165) is 22.5 Å². The average Bonchev–Trinajstić information content (AvgIpc) is 3.56. The molecule has 0 atom stereocenters. The van der Waals surface area contributed by atoms with Crippen molar-refractivity contribution in [3.63, 3.8) is 0 Å².